The number of thiazole rings is 1. The minimum Gasteiger partial charge on any atom is -0.459 e. The van der Waals surface area contributed by atoms with Crippen LogP contribution in [0.15, 0.2) is 22.8 Å². The molecule has 0 aromatic carbocycles. The Labute approximate surface area is 125 Å². The van der Waals surface area contributed by atoms with Crippen molar-refractivity contribution >= 4 is 28.3 Å². The van der Waals surface area contributed by atoms with Crippen molar-refractivity contribution in [2.45, 2.75) is 25.7 Å². The van der Waals surface area contributed by atoms with Crippen molar-refractivity contribution in [1.82, 2.24) is 10.3 Å². The second-order valence-corrected chi connectivity index (χ2v) is 5.89. The van der Waals surface area contributed by atoms with Gasteiger partial charge >= 0.3 is 0 Å². The minimum atomic E-state index is -0.409. The highest BCUT2D eigenvalue weighted by Crippen LogP contribution is 2.29. The highest BCUT2D eigenvalue weighted by atomic mass is 32.1. The van der Waals surface area contributed by atoms with E-state index >= 15 is 0 Å². The molecule has 0 unspecified atom stereocenters. The Morgan fingerprint density at radius 3 is 2.95 bits per heavy atom. The number of anilines is 1. The highest BCUT2D eigenvalue weighted by Gasteiger charge is 2.16. The summed E-state index contributed by atoms with van der Waals surface area (Å²) in [6.07, 6.45) is 5.77. The van der Waals surface area contributed by atoms with Crippen LogP contribution in [-0.2, 0) is 17.6 Å². The standard InChI is InChI=1S/C14H15N3O3S/c18-12(8-15-13(19)10-5-3-7-20-10)17-14-16-9-4-1-2-6-11(9)21-14/h3,5,7H,1-2,4,6,8H2,(H,15,19)(H,16,17,18). The van der Waals surface area contributed by atoms with Gasteiger partial charge in [-0.1, -0.05) is 0 Å². The largest absolute Gasteiger partial charge is 0.459 e. The number of fused-ring (bicyclic) bond motifs is 1. The van der Waals surface area contributed by atoms with Gasteiger partial charge in [0.2, 0.25) is 5.91 Å². The molecular weight excluding hydrogens is 290 g/mol. The minimum absolute atomic E-state index is 0.107. The average molecular weight is 305 g/mol. The second-order valence-electron chi connectivity index (χ2n) is 4.80. The number of nitrogens with one attached hydrogen (secondary N) is 2. The Bertz CT molecular complexity index is 625. The van der Waals surface area contributed by atoms with Crippen LogP contribution >= 0.6 is 11.3 Å². The fraction of sp³-hybridized carbons (Fsp3) is 0.357. The fourth-order valence-corrected chi connectivity index (χ4v) is 3.29. The van der Waals surface area contributed by atoms with E-state index in [4.69, 9.17) is 4.42 Å². The Balaban J connectivity index is 1.52. The molecule has 6 nitrogen and oxygen atoms in total. The van der Waals surface area contributed by atoms with E-state index in [2.05, 4.69) is 15.6 Å². The zero-order valence-electron chi connectivity index (χ0n) is 11.3. The predicted molar refractivity (Wildman–Crippen MR) is 78.4 cm³/mol. The molecule has 2 aromatic heterocycles. The Hall–Kier alpha value is -2.15. The number of hydrogen-bond acceptors (Lipinski definition) is 5. The second kappa shape index (κ2) is 6.09. The first kappa shape index (κ1) is 13.8. The molecule has 2 heterocycles. The van der Waals surface area contributed by atoms with Crippen LogP contribution < -0.4 is 10.6 Å². The number of nitrogens with zero attached hydrogens (tertiary/aromatic N) is 1. The number of aromatic nitrogens is 1. The van der Waals surface area contributed by atoms with Crippen molar-refractivity contribution in [3.63, 3.8) is 0 Å². The van der Waals surface area contributed by atoms with Gasteiger partial charge in [0, 0.05) is 4.88 Å². The number of amides is 2. The fourth-order valence-electron chi connectivity index (χ4n) is 2.22. The number of hydrogen-bond donors (Lipinski definition) is 2. The Morgan fingerprint density at radius 2 is 2.19 bits per heavy atom. The van der Waals surface area contributed by atoms with E-state index < -0.39 is 5.91 Å². The Kier molecular flexibility index (Phi) is 4.01. The lowest BCUT2D eigenvalue weighted by atomic mass is 10.0. The van der Waals surface area contributed by atoms with E-state index in [-0.39, 0.29) is 18.2 Å². The first-order valence-electron chi connectivity index (χ1n) is 6.82. The summed E-state index contributed by atoms with van der Waals surface area (Å²) < 4.78 is 4.95. The molecule has 0 bridgehead atoms. The van der Waals surface area contributed by atoms with Crippen molar-refractivity contribution in [2.24, 2.45) is 0 Å². The van der Waals surface area contributed by atoms with Gasteiger partial charge in [0.05, 0.1) is 18.5 Å². The van der Waals surface area contributed by atoms with Gasteiger partial charge < -0.3 is 15.1 Å². The topological polar surface area (TPSA) is 84.2 Å². The van der Waals surface area contributed by atoms with Crippen LogP contribution in [0.3, 0.4) is 0 Å². The van der Waals surface area contributed by atoms with Crippen LogP contribution in [0.5, 0.6) is 0 Å². The quantitative estimate of drug-likeness (QED) is 0.904. The maximum Gasteiger partial charge on any atom is 0.287 e. The van der Waals surface area contributed by atoms with Crippen molar-refractivity contribution < 1.29 is 14.0 Å². The summed E-state index contributed by atoms with van der Waals surface area (Å²) >= 11 is 1.52. The summed E-state index contributed by atoms with van der Waals surface area (Å²) in [6.45, 7) is -0.107. The zero-order chi connectivity index (χ0) is 14.7. The number of carbonyl (C=O) groups excluding carboxylic acids is 2. The summed E-state index contributed by atoms with van der Waals surface area (Å²) in [5.41, 5.74) is 1.10. The molecule has 1 aliphatic rings. The van der Waals surface area contributed by atoms with Gasteiger partial charge in [-0.25, -0.2) is 4.98 Å². The summed E-state index contributed by atoms with van der Waals surface area (Å²) in [5, 5.41) is 5.83. The molecule has 0 saturated carbocycles. The summed E-state index contributed by atoms with van der Waals surface area (Å²) in [6, 6.07) is 3.16. The molecule has 2 N–H and O–H groups in total. The molecular formula is C14H15N3O3S. The van der Waals surface area contributed by atoms with Crippen LogP contribution in [0.2, 0.25) is 0 Å². The lowest BCUT2D eigenvalue weighted by molar-refractivity contribution is -0.115. The van der Waals surface area contributed by atoms with E-state index in [1.807, 2.05) is 0 Å². The summed E-state index contributed by atoms with van der Waals surface area (Å²) in [4.78, 5) is 29.1. The van der Waals surface area contributed by atoms with E-state index in [1.165, 1.54) is 28.9 Å². The van der Waals surface area contributed by atoms with Crippen LogP contribution in [-0.4, -0.2) is 23.3 Å². The van der Waals surface area contributed by atoms with Gasteiger partial charge in [-0.3, -0.25) is 9.59 Å². The van der Waals surface area contributed by atoms with Crippen molar-refractivity contribution in [2.75, 3.05) is 11.9 Å². The van der Waals surface area contributed by atoms with E-state index in [9.17, 15) is 9.59 Å². The smallest absolute Gasteiger partial charge is 0.287 e. The molecule has 2 amide bonds. The number of furan rings is 1. The van der Waals surface area contributed by atoms with Crippen LogP contribution in [0.25, 0.3) is 0 Å². The van der Waals surface area contributed by atoms with E-state index in [1.54, 1.807) is 12.1 Å². The number of carbonyl (C=O) groups is 2. The predicted octanol–water partition coefficient (Wildman–Crippen LogP) is 1.98. The first-order valence-corrected chi connectivity index (χ1v) is 7.64. The third kappa shape index (κ3) is 3.30. The third-order valence-electron chi connectivity index (χ3n) is 3.25. The van der Waals surface area contributed by atoms with Crippen molar-refractivity contribution in [1.29, 1.82) is 0 Å². The maximum atomic E-state index is 11.8. The van der Waals surface area contributed by atoms with Crippen molar-refractivity contribution in [3.8, 4) is 0 Å². The van der Waals surface area contributed by atoms with Gasteiger partial charge in [-0.15, -0.1) is 11.3 Å². The van der Waals surface area contributed by atoms with Crippen LogP contribution in [0, 0.1) is 0 Å². The van der Waals surface area contributed by atoms with Gasteiger partial charge in [0.1, 0.15) is 0 Å². The molecule has 0 saturated heterocycles. The SMILES string of the molecule is O=C(CNC(=O)c1ccco1)Nc1nc2c(s1)CCCC2. The van der Waals surface area contributed by atoms with Gasteiger partial charge in [-0.05, 0) is 37.8 Å². The molecule has 0 spiro atoms. The maximum absolute atomic E-state index is 11.8. The molecule has 0 atom stereocenters. The highest BCUT2D eigenvalue weighted by molar-refractivity contribution is 7.15. The normalized spacial score (nSPS) is 13.5. The number of aryl methyl sites for hydroxylation is 2. The van der Waals surface area contributed by atoms with Crippen LogP contribution in [0.1, 0.15) is 34.0 Å². The molecule has 21 heavy (non-hydrogen) atoms. The van der Waals surface area contributed by atoms with Crippen molar-refractivity contribution in [3.05, 3.63) is 34.7 Å². The Morgan fingerprint density at radius 1 is 1.33 bits per heavy atom. The first-order chi connectivity index (χ1) is 10.2. The molecule has 1 aliphatic carbocycles. The summed E-state index contributed by atoms with van der Waals surface area (Å²) in [5.74, 6) is -0.512. The lowest BCUT2D eigenvalue weighted by Gasteiger charge is -2.06. The van der Waals surface area contributed by atoms with E-state index in [0.717, 1.165) is 25.0 Å². The molecule has 110 valence electrons. The summed E-state index contributed by atoms with van der Waals surface area (Å²) in [7, 11) is 0. The average Bonchev–Trinajstić information content (AvgIpc) is 3.13. The van der Waals surface area contributed by atoms with Crippen LogP contribution in [0.4, 0.5) is 5.13 Å². The van der Waals surface area contributed by atoms with Gasteiger partial charge in [0.25, 0.3) is 5.91 Å². The zero-order valence-corrected chi connectivity index (χ0v) is 12.2. The molecule has 0 radical (unpaired) electrons. The molecule has 3 rings (SSSR count). The molecule has 2 aromatic rings. The van der Waals surface area contributed by atoms with E-state index in [0.29, 0.717) is 5.13 Å². The molecule has 7 heteroatoms. The number of rotatable bonds is 4. The van der Waals surface area contributed by atoms with Gasteiger partial charge in [0.15, 0.2) is 10.9 Å². The lowest BCUT2D eigenvalue weighted by Crippen LogP contribution is -2.32. The van der Waals surface area contributed by atoms with Gasteiger partial charge in [-0.2, -0.15) is 0 Å². The molecule has 0 aliphatic heterocycles. The third-order valence-corrected chi connectivity index (χ3v) is 4.32. The molecule has 0 fully saturated rings. The monoisotopic (exact) mass is 305 g/mol.